The fraction of sp³-hybridized carbons (Fsp3) is 1.00. The molecule has 0 radical (unpaired) electrons. The molecule has 0 bridgehead atoms. The summed E-state index contributed by atoms with van der Waals surface area (Å²) in [6.45, 7) is 2.67. The summed E-state index contributed by atoms with van der Waals surface area (Å²) in [5.74, 6) is 1.24. The topological polar surface area (TPSA) is 55.5 Å². The molecule has 3 unspecified atom stereocenters. The molecule has 1 rings (SSSR count). The zero-order valence-corrected chi connectivity index (χ0v) is 9.35. The van der Waals surface area contributed by atoms with Gasteiger partial charge in [-0.25, -0.2) is 4.36 Å². The van der Waals surface area contributed by atoms with Gasteiger partial charge in [-0.2, -0.15) is 0 Å². The van der Waals surface area contributed by atoms with Gasteiger partial charge < -0.3 is 5.73 Å². The first-order valence-corrected chi connectivity index (χ1v) is 7.04. The number of hydrogen-bond acceptors (Lipinski definition) is 3. The molecule has 4 heteroatoms. The van der Waals surface area contributed by atoms with Crippen LogP contribution in [0.2, 0.25) is 0 Å². The average molecular weight is 204 g/mol. The molecule has 0 aliphatic heterocycles. The van der Waals surface area contributed by atoms with Gasteiger partial charge in [-0.05, 0) is 25.2 Å². The van der Waals surface area contributed by atoms with Crippen LogP contribution in [-0.4, -0.2) is 28.8 Å². The van der Waals surface area contributed by atoms with Gasteiger partial charge in [0.25, 0.3) is 0 Å². The minimum atomic E-state index is -1.89. The first kappa shape index (κ1) is 11.0. The molecule has 0 aromatic heterocycles. The van der Waals surface area contributed by atoms with Crippen LogP contribution < -0.4 is 5.73 Å². The molecule has 0 spiro atoms. The van der Waals surface area contributed by atoms with Crippen molar-refractivity contribution in [1.29, 1.82) is 0 Å². The maximum absolute atomic E-state index is 11.6. The lowest BCUT2D eigenvalue weighted by Gasteiger charge is -2.06. The first-order chi connectivity index (χ1) is 6.03. The molecule has 1 aliphatic carbocycles. The minimum Gasteiger partial charge on any atom is -0.328 e. The van der Waals surface area contributed by atoms with Gasteiger partial charge in [-0.15, -0.1) is 0 Å². The second-order valence-electron chi connectivity index (χ2n) is 4.00. The van der Waals surface area contributed by atoms with Crippen molar-refractivity contribution in [2.24, 2.45) is 16.0 Å². The van der Waals surface area contributed by atoms with Crippen molar-refractivity contribution in [3.63, 3.8) is 0 Å². The fourth-order valence-electron chi connectivity index (χ4n) is 1.63. The Labute approximate surface area is 81.3 Å². The number of rotatable bonds is 3. The van der Waals surface area contributed by atoms with E-state index in [0.29, 0.717) is 17.7 Å². The third-order valence-corrected chi connectivity index (χ3v) is 4.49. The molecule has 1 aliphatic rings. The maximum Gasteiger partial charge on any atom is 0.0512 e. The van der Waals surface area contributed by atoms with E-state index in [1.807, 2.05) is 6.92 Å². The van der Waals surface area contributed by atoms with Crippen LogP contribution in [0, 0.1) is 5.92 Å². The largest absolute Gasteiger partial charge is 0.328 e. The van der Waals surface area contributed by atoms with E-state index in [-0.39, 0.29) is 0 Å². The Bertz CT molecular complexity index is 269. The van der Waals surface area contributed by atoms with E-state index in [2.05, 4.69) is 4.36 Å². The van der Waals surface area contributed by atoms with Crippen LogP contribution in [0.4, 0.5) is 0 Å². The molecule has 0 heterocycles. The van der Waals surface area contributed by atoms with Crippen molar-refractivity contribution in [1.82, 2.24) is 0 Å². The zero-order chi connectivity index (χ0) is 9.90. The molecule has 13 heavy (non-hydrogen) atoms. The normalized spacial score (nSPS) is 32.8. The molecule has 0 saturated heterocycles. The Kier molecular flexibility index (Phi) is 3.74. The lowest BCUT2D eigenvalue weighted by molar-refractivity contribution is 0.551. The van der Waals surface area contributed by atoms with Gasteiger partial charge in [-0.3, -0.25) is 4.21 Å². The Balaban J connectivity index is 2.43. The van der Waals surface area contributed by atoms with Crippen LogP contribution in [0.1, 0.15) is 26.2 Å². The second kappa shape index (κ2) is 4.42. The van der Waals surface area contributed by atoms with E-state index in [9.17, 15) is 4.21 Å². The van der Waals surface area contributed by atoms with Crippen molar-refractivity contribution in [3.05, 3.63) is 0 Å². The lowest BCUT2D eigenvalue weighted by Crippen LogP contribution is -2.15. The van der Waals surface area contributed by atoms with Crippen LogP contribution in [0.5, 0.6) is 0 Å². The van der Waals surface area contributed by atoms with E-state index in [1.165, 1.54) is 0 Å². The monoisotopic (exact) mass is 204 g/mol. The summed E-state index contributed by atoms with van der Waals surface area (Å²) in [5, 5.41) is 0. The summed E-state index contributed by atoms with van der Waals surface area (Å²) in [6.07, 6.45) is 5.06. The van der Waals surface area contributed by atoms with Crippen LogP contribution in [0.25, 0.3) is 0 Å². The molecule has 3 nitrogen and oxygen atoms in total. The standard InChI is InChI=1S/C9H20N2OS/c1-3-13(2,12)11-7-8-4-5-9(10)6-8/h8-9H,3-7,10H2,1-2H3. The summed E-state index contributed by atoms with van der Waals surface area (Å²) < 4.78 is 15.9. The van der Waals surface area contributed by atoms with Crippen molar-refractivity contribution < 1.29 is 4.21 Å². The van der Waals surface area contributed by atoms with Crippen molar-refractivity contribution in [3.8, 4) is 0 Å². The highest BCUT2D eigenvalue weighted by molar-refractivity contribution is 7.92. The Morgan fingerprint density at radius 3 is 2.69 bits per heavy atom. The van der Waals surface area contributed by atoms with Crippen LogP contribution in [0.3, 0.4) is 0 Å². The smallest absolute Gasteiger partial charge is 0.0512 e. The van der Waals surface area contributed by atoms with Crippen LogP contribution >= 0.6 is 0 Å². The van der Waals surface area contributed by atoms with Crippen molar-refractivity contribution >= 4 is 9.73 Å². The average Bonchev–Trinajstić information content (AvgIpc) is 2.48. The number of hydrogen-bond donors (Lipinski definition) is 1. The molecule has 0 amide bonds. The molecule has 3 atom stereocenters. The Morgan fingerprint density at radius 1 is 1.54 bits per heavy atom. The quantitative estimate of drug-likeness (QED) is 0.752. The SMILES string of the molecule is CCS(C)(=O)=NCC1CCC(N)C1. The third-order valence-electron chi connectivity index (χ3n) is 2.72. The van der Waals surface area contributed by atoms with Crippen LogP contribution in [-0.2, 0) is 9.73 Å². The number of nitrogens with zero attached hydrogens (tertiary/aromatic N) is 1. The molecular formula is C9H20N2OS. The zero-order valence-electron chi connectivity index (χ0n) is 8.53. The van der Waals surface area contributed by atoms with Gasteiger partial charge in [0.1, 0.15) is 0 Å². The lowest BCUT2D eigenvalue weighted by atomic mass is 10.1. The molecule has 1 fully saturated rings. The fourth-order valence-corrected chi connectivity index (χ4v) is 2.34. The highest BCUT2D eigenvalue weighted by atomic mass is 32.2. The van der Waals surface area contributed by atoms with Gasteiger partial charge in [0, 0.05) is 27.8 Å². The Morgan fingerprint density at radius 2 is 2.23 bits per heavy atom. The highest BCUT2D eigenvalue weighted by Gasteiger charge is 2.21. The van der Waals surface area contributed by atoms with Gasteiger partial charge >= 0.3 is 0 Å². The molecular weight excluding hydrogens is 184 g/mol. The van der Waals surface area contributed by atoms with Gasteiger partial charge in [-0.1, -0.05) is 6.92 Å². The molecule has 1 saturated carbocycles. The van der Waals surface area contributed by atoms with Crippen molar-refractivity contribution in [2.75, 3.05) is 18.6 Å². The van der Waals surface area contributed by atoms with Gasteiger partial charge in [0.15, 0.2) is 0 Å². The molecule has 2 N–H and O–H groups in total. The highest BCUT2D eigenvalue weighted by Crippen LogP contribution is 2.24. The van der Waals surface area contributed by atoms with E-state index in [1.54, 1.807) is 6.26 Å². The summed E-state index contributed by atoms with van der Waals surface area (Å²) in [7, 11) is -1.89. The number of nitrogens with two attached hydrogens (primary N) is 1. The summed E-state index contributed by atoms with van der Waals surface area (Å²) in [5.41, 5.74) is 5.78. The predicted octanol–water partition coefficient (Wildman–Crippen LogP) is 1.23. The summed E-state index contributed by atoms with van der Waals surface area (Å²) in [6, 6.07) is 0.356. The Hall–Kier alpha value is -0.0900. The molecule has 0 aromatic carbocycles. The van der Waals surface area contributed by atoms with E-state index in [4.69, 9.17) is 5.73 Å². The van der Waals surface area contributed by atoms with E-state index in [0.717, 1.165) is 25.8 Å². The van der Waals surface area contributed by atoms with Crippen LogP contribution in [0.15, 0.2) is 4.36 Å². The maximum atomic E-state index is 11.6. The molecule has 78 valence electrons. The summed E-state index contributed by atoms with van der Waals surface area (Å²) in [4.78, 5) is 0. The first-order valence-electron chi connectivity index (χ1n) is 4.94. The van der Waals surface area contributed by atoms with E-state index < -0.39 is 9.73 Å². The second-order valence-corrected chi connectivity index (χ2v) is 6.75. The third kappa shape index (κ3) is 3.65. The molecule has 0 aromatic rings. The predicted molar refractivity (Wildman–Crippen MR) is 57.2 cm³/mol. The van der Waals surface area contributed by atoms with Gasteiger partial charge in [0.05, 0.1) is 6.54 Å². The van der Waals surface area contributed by atoms with E-state index >= 15 is 0 Å². The summed E-state index contributed by atoms with van der Waals surface area (Å²) >= 11 is 0. The van der Waals surface area contributed by atoms with Crippen molar-refractivity contribution in [2.45, 2.75) is 32.2 Å². The van der Waals surface area contributed by atoms with Gasteiger partial charge in [0.2, 0.25) is 0 Å². The minimum absolute atomic E-state index is 0.356.